The number of rotatable bonds is 5. The number of aliphatic hydroxyl groups is 1. The van der Waals surface area contributed by atoms with Gasteiger partial charge in [0.15, 0.2) is 10.4 Å². The van der Waals surface area contributed by atoms with E-state index in [4.69, 9.17) is 11.5 Å². The fourth-order valence-corrected chi connectivity index (χ4v) is 4.95. The van der Waals surface area contributed by atoms with Gasteiger partial charge in [0.1, 0.15) is 6.10 Å². The predicted molar refractivity (Wildman–Crippen MR) is 102 cm³/mol. The fourth-order valence-electron chi connectivity index (χ4n) is 3.13. The van der Waals surface area contributed by atoms with Crippen LogP contribution in [0.4, 0.5) is 0 Å². The second-order valence-electron chi connectivity index (χ2n) is 7.16. The number of hydrogen-bond donors (Lipinski definition) is 3. The molecule has 0 radical (unpaired) electrons. The first-order chi connectivity index (χ1) is 12.7. The van der Waals surface area contributed by atoms with Crippen LogP contribution in [-0.4, -0.2) is 59.4 Å². The molecule has 8 nitrogen and oxygen atoms in total. The van der Waals surface area contributed by atoms with Crippen LogP contribution in [0.15, 0.2) is 41.6 Å². The molecule has 0 bridgehead atoms. The third-order valence-corrected chi connectivity index (χ3v) is 6.46. The van der Waals surface area contributed by atoms with Crippen molar-refractivity contribution in [3.8, 4) is 0 Å². The Balaban J connectivity index is 2.50. The van der Waals surface area contributed by atoms with E-state index in [0.717, 1.165) is 4.90 Å². The van der Waals surface area contributed by atoms with Crippen LogP contribution in [-0.2, 0) is 14.6 Å². The van der Waals surface area contributed by atoms with Crippen molar-refractivity contribution >= 4 is 15.7 Å². The van der Waals surface area contributed by atoms with Gasteiger partial charge >= 0.3 is 0 Å². The third kappa shape index (κ3) is 4.92. The summed E-state index contributed by atoms with van der Waals surface area (Å²) in [5.74, 6) is -0.355. The summed E-state index contributed by atoms with van der Waals surface area (Å²) in [7, 11) is -4.17. The summed E-state index contributed by atoms with van der Waals surface area (Å²) in [6.45, 7) is 3.97. The van der Waals surface area contributed by atoms with E-state index < -0.39 is 39.3 Å². The summed E-state index contributed by atoms with van der Waals surface area (Å²) >= 11 is 0. The van der Waals surface area contributed by atoms with Crippen LogP contribution >= 0.6 is 0 Å². The predicted octanol–water partition coefficient (Wildman–Crippen LogP) is 0.0315. The van der Waals surface area contributed by atoms with Crippen molar-refractivity contribution in [2.45, 2.75) is 55.3 Å². The topological polar surface area (TPSA) is 140 Å². The maximum Gasteiger partial charge on any atom is 0.240 e. The van der Waals surface area contributed by atoms with Gasteiger partial charge in [-0.3, -0.25) is 4.79 Å². The molecule has 4 atom stereocenters. The maximum absolute atomic E-state index is 13.2. The standard InChI is InChI=1S/C18H28N4O4S/c1-12(2)11-14(20)17(24)22-10-6-4-7-13(19)16(23)18(22)27(25,26)15-8-3-5-9-21-15/h3-5,7-9,12-14,16,18,23H,6,10-11,19-20H2,1-2H3/b7-4-/t13?,14-,16?,18?/m0/s1. The van der Waals surface area contributed by atoms with Gasteiger partial charge in [-0.1, -0.05) is 32.1 Å². The molecule has 0 fully saturated rings. The van der Waals surface area contributed by atoms with Crippen LogP contribution in [0.3, 0.4) is 0 Å². The lowest BCUT2D eigenvalue weighted by atomic mass is 10.0. The van der Waals surface area contributed by atoms with Crippen molar-refractivity contribution in [3.05, 3.63) is 36.5 Å². The minimum absolute atomic E-state index is 0.113. The Morgan fingerprint density at radius 2 is 2.11 bits per heavy atom. The first kappa shape index (κ1) is 21.5. The normalized spacial score (nSPS) is 26.3. The fraction of sp³-hybridized carbons (Fsp3) is 0.556. The Morgan fingerprint density at radius 3 is 2.70 bits per heavy atom. The first-order valence-corrected chi connectivity index (χ1v) is 10.5. The van der Waals surface area contributed by atoms with Crippen molar-refractivity contribution < 1.29 is 18.3 Å². The van der Waals surface area contributed by atoms with Gasteiger partial charge in [0.2, 0.25) is 15.7 Å². The number of sulfone groups is 1. The summed E-state index contributed by atoms with van der Waals surface area (Å²) in [5.41, 5.74) is 12.0. The zero-order valence-corrected chi connectivity index (χ0v) is 16.4. The van der Waals surface area contributed by atoms with Gasteiger partial charge in [-0.15, -0.1) is 0 Å². The molecule has 0 saturated heterocycles. The number of nitrogens with two attached hydrogens (primary N) is 2. The van der Waals surface area contributed by atoms with E-state index in [0.29, 0.717) is 12.8 Å². The second-order valence-corrected chi connectivity index (χ2v) is 9.15. The molecule has 0 spiro atoms. The molecule has 1 aromatic heterocycles. The molecular formula is C18H28N4O4S. The SMILES string of the molecule is CC(C)C[C@H](N)C(=O)N1CC/C=C\C(N)C(O)C1S(=O)(=O)c1ccccn1. The lowest BCUT2D eigenvalue weighted by Crippen LogP contribution is -2.60. The van der Waals surface area contributed by atoms with Crippen LogP contribution in [0, 0.1) is 5.92 Å². The third-order valence-electron chi connectivity index (χ3n) is 4.46. The number of nitrogens with zero attached hydrogens (tertiary/aromatic N) is 2. The van der Waals surface area contributed by atoms with Gasteiger partial charge < -0.3 is 21.5 Å². The highest BCUT2D eigenvalue weighted by molar-refractivity contribution is 7.92. The molecule has 0 aliphatic carbocycles. The minimum atomic E-state index is -4.17. The smallest absolute Gasteiger partial charge is 0.240 e. The van der Waals surface area contributed by atoms with E-state index in [1.165, 1.54) is 18.3 Å². The molecule has 0 aromatic carbocycles. The number of carbonyl (C=O) groups is 1. The number of aliphatic hydroxyl groups excluding tert-OH is 1. The van der Waals surface area contributed by atoms with Gasteiger partial charge in [0.25, 0.3) is 0 Å². The highest BCUT2D eigenvalue weighted by Crippen LogP contribution is 2.25. The van der Waals surface area contributed by atoms with E-state index in [2.05, 4.69) is 4.98 Å². The van der Waals surface area contributed by atoms with E-state index >= 15 is 0 Å². The van der Waals surface area contributed by atoms with Crippen LogP contribution in [0.25, 0.3) is 0 Å². The van der Waals surface area contributed by atoms with Crippen LogP contribution in [0.1, 0.15) is 26.7 Å². The van der Waals surface area contributed by atoms with Gasteiger partial charge in [0.05, 0.1) is 12.1 Å². The van der Waals surface area contributed by atoms with E-state index in [9.17, 15) is 18.3 Å². The molecule has 1 aliphatic rings. The summed E-state index contributed by atoms with van der Waals surface area (Å²) in [4.78, 5) is 18.0. The molecule has 9 heteroatoms. The Bertz CT molecular complexity index is 767. The molecule has 1 aliphatic heterocycles. The minimum Gasteiger partial charge on any atom is -0.388 e. The van der Waals surface area contributed by atoms with Crippen molar-refractivity contribution in [3.63, 3.8) is 0 Å². The Labute approximate surface area is 160 Å². The van der Waals surface area contributed by atoms with Gasteiger partial charge in [-0.25, -0.2) is 13.4 Å². The molecule has 1 amide bonds. The highest BCUT2D eigenvalue weighted by atomic mass is 32.2. The van der Waals surface area contributed by atoms with Crippen LogP contribution < -0.4 is 11.5 Å². The summed E-state index contributed by atoms with van der Waals surface area (Å²) in [6.07, 6.45) is 3.94. The van der Waals surface area contributed by atoms with Gasteiger partial charge in [-0.05, 0) is 30.9 Å². The Morgan fingerprint density at radius 1 is 1.41 bits per heavy atom. The summed E-state index contributed by atoms with van der Waals surface area (Å²) in [5, 5.41) is 8.93. The van der Waals surface area contributed by atoms with Gasteiger partial charge in [0, 0.05) is 12.7 Å². The molecule has 3 unspecified atom stereocenters. The number of pyridine rings is 1. The van der Waals surface area contributed by atoms with Crippen molar-refractivity contribution in [2.75, 3.05) is 6.54 Å². The lowest BCUT2D eigenvalue weighted by Gasteiger charge is -2.38. The zero-order chi connectivity index (χ0) is 20.2. The first-order valence-electron chi connectivity index (χ1n) is 8.97. The molecule has 2 heterocycles. The average Bonchev–Trinajstić information content (AvgIpc) is 2.61. The van der Waals surface area contributed by atoms with Crippen molar-refractivity contribution in [1.82, 2.24) is 9.88 Å². The number of amides is 1. The molecule has 1 aromatic rings. The lowest BCUT2D eigenvalue weighted by molar-refractivity contribution is -0.135. The number of hydrogen-bond acceptors (Lipinski definition) is 7. The molecule has 5 N–H and O–H groups in total. The molecule has 27 heavy (non-hydrogen) atoms. The van der Waals surface area contributed by atoms with E-state index in [1.54, 1.807) is 18.2 Å². The molecule has 150 valence electrons. The Kier molecular flexibility index (Phi) is 7.10. The maximum atomic E-state index is 13.2. The van der Waals surface area contributed by atoms with E-state index in [-0.39, 0.29) is 17.5 Å². The number of carbonyl (C=O) groups excluding carboxylic acids is 1. The molecular weight excluding hydrogens is 368 g/mol. The largest absolute Gasteiger partial charge is 0.388 e. The highest BCUT2D eigenvalue weighted by Gasteiger charge is 2.44. The monoisotopic (exact) mass is 396 g/mol. The van der Waals surface area contributed by atoms with E-state index in [1.807, 2.05) is 13.8 Å². The van der Waals surface area contributed by atoms with Crippen molar-refractivity contribution in [2.24, 2.45) is 17.4 Å². The number of aromatic nitrogens is 1. The van der Waals surface area contributed by atoms with Crippen molar-refractivity contribution in [1.29, 1.82) is 0 Å². The summed E-state index contributed by atoms with van der Waals surface area (Å²) in [6, 6.07) is 2.65. The second kappa shape index (κ2) is 8.92. The Hall–Kier alpha value is -1.81. The quantitative estimate of drug-likeness (QED) is 0.597. The molecule has 0 saturated carbocycles. The van der Waals surface area contributed by atoms with Gasteiger partial charge in [-0.2, -0.15) is 0 Å². The van der Waals surface area contributed by atoms with Crippen LogP contribution in [0.5, 0.6) is 0 Å². The zero-order valence-electron chi connectivity index (χ0n) is 15.6. The average molecular weight is 397 g/mol. The van der Waals surface area contributed by atoms with Crippen LogP contribution in [0.2, 0.25) is 0 Å². The summed E-state index contributed by atoms with van der Waals surface area (Å²) < 4.78 is 26.5. The molecule has 2 rings (SSSR count).